The molecule has 4 N–H and O–H groups in total. The number of nitrogens with one attached hydrogen (secondary N) is 2. The third-order valence-corrected chi connectivity index (χ3v) is 5.29. The summed E-state index contributed by atoms with van der Waals surface area (Å²) in [5, 5.41) is 6.63. The largest absolute Gasteiger partial charge is 0.493 e. The van der Waals surface area contributed by atoms with Gasteiger partial charge in [0.15, 0.2) is 17.5 Å². The molecule has 0 heterocycles. The molecule has 2 aromatic rings. The number of rotatable bonds is 9. The average Bonchev–Trinajstić information content (AvgIpc) is 3.29. The van der Waals surface area contributed by atoms with Gasteiger partial charge in [-0.3, -0.25) is 4.79 Å². The Balaban J connectivity index is 0.00000363. The summed E-state index contributed by atoms with van der Waals surface area (Å²) in [5.74, 6) is 1.79. The Hall–Kier alpha value is -2.49. The number of methoxy groups -OCH3 is 1. The molecular formula is C24H33IN4O3. The van der Waals surface area contributed by atoms with Gasteiger partial charge in [-0.2, -0.15) is 0 Å². The van der Waals surface area contributed by atoms with Crippen molar-refractivity contribution in [1.29, 1.82) is 0 Å². The highest BCUT2D eigenvalue weighted by Crippen LogP contribution is 2.34. The van der Waals surface area contributed by atoms with E-state index >= 15 is 0 Å². The van der Waals surface area contributed by atoms with E-state index in [1.807, 2.05) is 37.3 Å². The number of ether oxygens (including phenoxy) is 2. The summed E-state index contributed by atoms with van der Waals surface area (Å²) in [6.45, 7) is 3.73. The lowest BCUT2D eigenvalue weighted by molar-refractivity contribution is 0.1000. The molecule has 0 radical (unpaired) electrons. The van der Waals surface area contributed by atoms with E-state index in [1.165, 1.54) is 12.8 Å². The first-order chi connectivity index (χ1) is 15.1. The van der Waals surface area contributed by atoms with Crippen LogP contribution in [0.5, 0.6) is 11.5 Å². The molecule has 0 atom stereocenters. The zero-order valence-corrected chi connectivity index (χ0v) is 21.1. The summed E-state index contributed by atoms with van der Waals surface area (Å²) >= 11 is 0. The van der Waals surface area contributed by atoms with Crippen LogP contribution in [0.4, 0.5) is 0 Å². The van der Waals surface area contributed by atoms with Gasteiger partial charge in [-0.1, -0.05) is 24.3 Å². The first-order valence-electron chi connectivity index (χ1n) is 10.8. The van der Waals surface area contributed by atoms with Crippen molar-refractivity contribution >= 4 is 35.8 Å². The predicted octanol–water partition coefficient (Wildman–Crippen LogP) is 3.99. The van der Waals surface area contributed by atoms with Crippen molar-refractivity contribution in [3.8, 4) is 11.5 Å². The van der Waals surface area contributed by atoms with Crippen LogP contribution >= 0.6 is 24.0 Å². The summed E-state index contributed by atoms with van der Waals surface area (Å²) in [7, 11) is 1.67. The minimum Gasteiger partial charge on any atom is -0.493 e. The number of para-hydroxylation sites is 1. The topological polar surface area (TPSA) is 98.0 Å². The molecule has 0 bridgehead atoms. The van der Waals surface area contributed by atoms with Crippen molar-refractivity contribution in [3.05, 3.63) is 59.2 Å². The molecule has 1 aliphatic carbocycles. The van der Waals surface area contributed by atoms with E-state index in [9.17, 15) is 4.79 Å². The van der Waals surface area contributed by atoms with Crippen LogP contribution in [0.15, 0.2) is 47.5 Å². The first kappa shape index (κ1) is 25.8. The van der Waals surface area contributed by atoms with E-state index in [4.69, 9.17) is 15.2 Å². The second kappa shape index (κ2) is 13.1. The zero-order valence-electron chi connectivity index (χ0n) is 18.7. The number of aliphatic imine (C=N–C) groups is 1. The number of carbonyl (C=O) groups is 1. The maximum Gasteiger partial charge on any atom is 0.248 e. The quantitative estimate of drug-likeness (QED) is 0.248. The maximum atomic E-state index is 11.4. The lowest BCUT2D eigenvalue weighted by atomic mass is 10.1. The molecule has 174 valence electrons. The van der Waals surface area contributed by atoms with Crippen LogP contribution in [0, 0.1) is 0 Å². The summed E-state index contributed by atoms with van der Waals surface area (Å²) < 4.78 is 11.9. The molecule has 0 spiro atoms. The second-order valence-electron chi connectivity index (χ2n) is 7.59. The lowest BCUT2D eigenvalue weighted by Gasteiger charge is -2.20. The highest BCUT2D eigenvalue weighted by molar-refractivity contribution is 14.0. The molecule has 7 nitrogen and oxygen atoms in total. The average molecular weight is 552 g/mol. The second-order valence-corrected chi connectivity index (χ2v) is 7.59. The molecule has 2 aromatic carbocycles. The number of nitrogens with zero attached hydrogens (tertiary/aromatic N) is 1. The number of benzene rings is 2. The number of hydrogen-bond acceptors (Lipinski definition) is 4. The Morgan fingerprint density at radius 3 is 2.59 bits per heavy atom. The summed E-state index contributed by atoms with van der Waals surface area (Å²) in [4.78, 5) is 16.0. The van der Waals surface area contributed by atoms with Crippen LogP contribution in [0.25, 0.3) is 0 Å². The maximum absolute atomic E-state index is 11.4. The smallest absolute Gasteiger partial charge is 0.248 e. The standard InChI is InChI=1S/C24H32N4O3.HI/c1-3-26-24(27-15-17-8-6-9-18(14-17)23(25)29)28-16-19-10-7-13-21(30-2)22(19)31-20-11-4-5-12-20;/h6-10,13-14,20H,3-5,11-12,15-16H2,1-2H3,(H2,25,29)(H2,26,27,28);1H. The number of hydrogen-bond donors (Lipinski definition) is 3. The minimum atomic E-state index is -0.441. The molecular weight excluding hydrogens is 519 g/mol. The number of guanidine groups is 1. The van der Waals surface area contributed by atoms with Gasteiger partial charge >= 0.3 is 0 Å². The summed E-state index contributed by atoms with van der Waals surface area (Å²) in [5.41, 5.74) is 7.79. The van der Waals surface area contributed by atoms with Gasteiger partial charge in [0, 0.05) is 24.2 Å². The van der Waals surface area contributed by atoms with Crippen LogP contribution in [0.1, 0.15) is 54.1 Å². The third-order valence-electron chi connectivity index (χ3n) is 5.29. The highest BCUT2D eigenvalue weighted by atomic mass is 127. The molecule has 0 aromatic heterocycles. The van der Waals surface area contributed by atoms with Gasteiger partial charge in [-0.15, -0.1) is 24.0 Å². The predicted molar refractivity (Wildman–Crippen MR) is 138 cm³/mol. The summed E-state index contributed by atoms with van der Waals surface area (Å²) in [6, 6.07) is 13.2. The van der Waals surface area contributed by atoms with Crippen molar-refractivity contribution < 1.29 is 14.3 Å². The van der Waals surface area contributed by atoms with E-state index in [1.54, 1.807) is 19.2 Å². The van der Waals surface area contributed by atoms with Crippen LogP contribution < -0.4 is 25.8 Å². The van der Waals surface area contributed by atoms with Crippen LogP contribution in [0.2, 0.25) is 0 Å². The van der Waals surface area contributed by atoms with Gasteiger partial charge in [0.1, 0.15) is 0 Å². The van der Waals surface area contributed by atoms with E-state index < -0.39 is 5.91 Å². The molecule has 1 saturated carbocycles. The zero-order chi connectivity index (χ0) is 22.1. The Labute approximate surface area is 207 Å². The molecule has 1 amide bonds. The fourth-order valence-corrected chi connectivity index (χ4v) is 3.68. The molecule has 0 saturated heterocycles. The number of nitrogens with two attached hydrogens (primary N) is 1. The van der Waals surface area contributed by atoms with Gasteiger partial charge in [0.05, 0.1) is 19.8 Å². The molecule has 0 unspecified atom stereocenters. The highest BCUT2D eigenvalue weighted by Gasteiger charge is 2.20. The normalized spacial score (nSPS) is 13.9. The van der Waals surface area contributed by atoms with E-state index in [-0.39, 0.29) is 30.1 Å². The minimum absolute atomic E-state index is 0. The van der Waals surface area contributed by atoms with Crippen LogP contribution in [-0.2, 0) is 13.1 Å². The van der Waals surface area contributed by atoms with E-state index in [2.05, 4.69) is 15.6 Å². The van der Waals surface area contributed by atoms with Crippen molar-refractivity contribution in [2.24, 2.45) is 10.7 Å². The number of primary amides is 1. The molecule has 1 fully saturated rings. The van der Waals surface area contributed by atoms with E-state index in [0.717, 1.165) is 42.0 Å². The van der Waals surface area contributed by atoms with Crippen molar-refractivity contribution in [2.45, 2.75) is 51.8 Å². The first-order valence-corrected chi connectivity index (χ1v) is 10.8. The van der Waals surface area contributed by atoms with Crippen molar-refractivity contribution in [1.82, 2.24) is 10.6 Å². The Kier molecular flexibility index (Phi) is 10.6. The van der Waals surface area contributed by atoms with Crippen LogP contribution in [0.3, 0.4) is 0 Å². The fourth-order valence-electron chi connectivity index (χ4n) is 3.68. The molecule has 32 heavy (non-hydrogen) atoms. The fraction of sp³-hybridized carbons (Fsp3) is 0.417. The molecule has 3 rings (SSSR count). The van der Waals surface area contributed by atoms with Crippen molar-refractivity contribution in [3.63, 3.8) is 0 Å². The number of carbonyl (C=O) groups excluding carboxylic acids is 1. The Bertz CT molecular complexity index is 914. The van der Waals surface area contributed by atoms with Gasteiger partial charge in [0.25, 0.3) is 0 Å². The number of halogens is 1. The van der Waals surface area contributed by atoms with Gasteiger partial charge in [-0.25, -0.2) is 4.99 Å². The molecule has 0 aliphatic heterocycles. The van der Waals surface area contributed by atoms with Gasteiger partial charge in [-0.05, 0) is 56.4 Å². The Morgan fingerprint density at radius 1 is 1.16 bits per heavy atom. The van der Waals surface area contributed by atoms with Gasteiger partial charge < -0.3 is 25.8 Å². The Morgan fingerprint density at radius 2 is 1.91 bits per heavy atom. The van der Waals surface area contributed by atoms with Crippen molar-refractivity contribution in [2.75, 3.05) is 13.7 Å². The monoisotopic (exact) mass is 552 g/mol. The van der Waals surface area contributed by atoms with Gasteiger partial charge in [0.2, 0.25) is 5.91 Å². The molecule has 1 aliphatic rings. The van der Waals surface area contributed by atoms with E-state index in [0.29, 0.717) is 24.6 Å². The number of amides is 1. The lowest BCUT2D eigenvalue weighted by Crippen LogP contribution is -2.37. The van der Waals surface area contributed by atoms with Crippen LogP contribution in [-0.4, -0.2) is 31.6 Å². The summed E-state index contributed by atoms with van der Waals surface area (Å²) in [6.07, 6.45) is 4.83. The molecule has 8 heteroatoms. The third kappa shape index (κ3) is 7.29. The SMILES string of the molecule is CCNC(=NCc1cccc(C(N)=O)c1)NCc1cccc(OC)c1OC1CCCC1.I.